The predicted molar refractivity (Wildman–Crippen MR) is 41.3 cm³/mol. The van der Waals surface area contributed by atoms with Crippen LogP contribution in [-0.2, 0) is 0 Å². The van der Waals surface area contributed by atoms with Crippen LogP contribution < -0.4 is 5.73 Å². The molecule has 2 heteroatoms. The van der Waals surface area contributed by atoms with Gasteiger partial charge in [0.1, 0.15) is 0 Å². The average molecular weight is 133 g/mol. The van der Waals surface area contributed by atoms with Gasteiger partial charge in [0, 0.05) is 6.61 Å². The molecule has 0 saturated heterocycles. The Hall–Kier alpha value is -0.0800. The van der Waals surface area contributed by atoms with Gasteiger partial charge in [-0.3, -0.25) is 0 Å². The van der Waals surface area contributed by atoms with Gasteiger partial charge in [0.2, 0.25) is 0 Å². The molecule has 1 unspecified atom stereocenters. The highest BCUT2D eigenvalue weighted by Gasteiger charge is 1.93. The van der Waals surface area contributed by atoms with Gasteiger partial charge < -0.3 is 10.8 Å². The molecule has 3 N–H and O–H groups in total. The Morgan fingerprint density at radius 3 is 2.00 bits per heavy atom. The van der Waals surface area contributed by atoms with E-state index in [-0.39, 0.29) is 6.61 Å². The highest BCUT2D eigenvalue weighted by atomic mass is 16.3. The molecule has 0 aromatic carbocycles. The fraction of sp³-hybridized carbons (Fsp3) is 1.00. The number of rotatable bonds is 3. The molecule has 0 aliphatic heterocycles. The van der Waals surface area contributed by atoms with Crippen LogP contribution in [-0.4, -0.2) is 18.3 Å². The molecular formula is C7H19NO. The summed E-state index contributed by atoms with van der Waals surface area (Å²) < 4.78 is 0. The van der Waals surface area contributed by atoms with Crippen molar-refractivity contribution in [2.75, 3.05) is 13.2 Å². The van der Waals surface area contributed by atoms with Crippen molar-refractivity contribution in [2.24, 2.45) is 11.7 Å². The van der Waals surface area contributed by atoms with Crippen molar-refractivity contribution in [1.29, 1.82) is 0 Å². The van der Waals surface area contributed by atoms with Gasteiger partial charge in [-0.15, -0.1) is 0 Å². The molecule has 0 radical (unpaired) electrons. The minimum Gasteiger partial charge on any atom is -0.396 e. The summed E-state index contributed by atoms with van der Waals surface area (Å²) in [7, 11) is 0. The second-order valence-corrected chi connectivity index (χ2v) is 1.85. The molecule has 0 amide bonds. The summed E-state index contributed by atoms with van der Waals surface area (Å²) in [6.45, 7) is 6.97. The van der Waals surface area contributed by atoms with Crippen LogP contribution in [0.1, 0.15) is 27.2 Å². The van der Waals surface area contributed by atoms with Crippen molar-refractivity contribution in [3.63, 3.8) is 0 Å². The van der Waals surface area contributed by atoms with E-state index in [1.165, 1.54) is 0 Å². The number of nitrogens with two attached hydrogens (primary N) is 1. The van der Waals surface area contributed by atoms with Crippen LogP contribution in [0.2, 0.25) is 0 Å². The first-order valence-electron chi connectivity index (χ1n) is 3.62. The molecule has 9 heavy (non-hydrogen) atoms. The summed E-state index contributed by atoms with van der Waals surface area (Å²) in [5.41, 5.74) is 5.25. The minimum absolute atomic E-state index is 0.262. The highest BCUT2D eigenvalue weighted by Crippen LogP contribution is 1.94. The topological polar surface area (TPSA) is 46.2 Å². The number of aliphatic hydroxyl groups excluding tert-OH is 1. The van der Waals surface area contributed by atoms with E-state index in [1.54, 1.807) is 0 Å². The van der Waals surface area contributed by atoms with Gasteiger partial charge >= 0.3 is 0 Å². The smallest absolute Gasteiger partial charge is 0.0434 e. The highest BCUT2D eigenvalue weighted by molar-refractivity contribution is 4.49. The Morgan fingerprint density at radius 1 is 1.44 bits per heavy atom. The average Bonchev–Trinajstić information content (AvgIpc) is 1.93. The molecule has 0 fully saturated rings. The maximum absolute atomic E-state index is 8.31. The van der Waals surface area contributed by atoms with E-state index in [1.807, 2.05) is 20.8 Å². The van der Waals surface area contributed by atoms with Crippen LogP contribution in [0.15, 0.2) is 0 Å². The quantitative estimate of drug-likeness (QED) is 0.603. The summed E-state index contributed by atoms with van der Waals surface area (Å²) in [6.07, 6.45) is 0.830. The van der Waals surface area contributed by atoms with Gasteiger partial charge in [-0.05, 0) is 18.9 Å². The zero-order valence-electron chi connectivity index (χ0n) is 6.72. The SMILES string of the molecule is CC.CC(CN)CCO. The summed E-state index contributed by atoms with van der Waals surface area (Å²) in [5.74, 6) is 0.477. The molecule has 0 rings (SSSR count). The van der Waals surface area contributed by atoms with Crippen LogP contribution >= 0.6 is 0 Å². The first-order valence-corrected chi connectivity index (χ1v) is 3.62. The lowest BCUT2D eigenvalue weighted by Crippen LogP contribution is -2.11. The molecule has 0 saturated carbocycles. The Labute approximate surface area is 58.1 Å². The standard InChI is InChI=1S/C5H13NO.C2H6/c1-5(4-6)2-3-7;1-2/h5,7H,2-4,6H2,1H3;1-2H3. The van der Waals surface area contributed by atoms with E-state index < -0.39 is 0 Å². The first-order chi connectivity index (χ1) is 4.31. The molecule has 1 atom stereocenters. The summed E-state index contributed by atoms with van der Waals surface area (Å²) in [5, 5.41) is 8.31. The Bertz CT molecular complexity index is 39.9. The first kappa shape index (κ1) is 11.7. The monoisotopic (exact) mass is 133 g/mol. The third-order valence-electron chi connectivity index (χ3n) is 1.02. The van der Waals surface area contributed by atoms with Gasteiger partial charge in [-0.1, -0.05) is 20.8 Å². The third-order valence-corrected chi connectivity index (χ3v) is 1.02. The number of aliphatic hydroxyl groups is 1. The van der Waals surface area contributed by atoms with E-state index in [0.29, 0.717) is 12.5 Å². The predicted octanol–water partition coefficient (Wildman–Crippen LogP) is 0.990. The van der Waals surface area contributed by atoms with E-state index in [2.05, 4.69) is 0 Å². The van der Waals surface area contributed by atoms with E-state index in [0.717, 1.165) is 6.42 Å². The Balaban J connectivity index is 0. The molecule has 0 spiro atoms. The Kier molecular flexibility index (Phi) is 14.0. The van der Waals surface area contributed by atoms with Gasteiger partial charge in [-0.25, -0.2) is 0 Å². The maximum atomic E-state index is 8.31. The van der Waals surface area contributed by atoms with Crippen LogP contribution in [0.4, 0.5) is 0 Å². The molecule has 2 nitrogen and oxygen atoms in total. The lowest BCUT2D eigenvalue weighted by molar-refractivity contribution is 0.264. The van der Waals surface area contributed by atoms with Gasteiger partial charge in [0.05, 0.1) is 0 Å². The fourth-order valence-electron chi connectivity index (χ4n) is 0.338. The van der Waals surface area contributed by atoms with E-state index >= 15 is 0 Å². The van der Waals surface area contributed by atoms with E-state index in [4.69, 9.17) is 10.8 Å². The largest absolute Gasteiger partial charge is 0.396 e. The summed E-state index contributed by atoms with van der Waals surface area (Å²) in [6, 6.07) is 0. The van der Waals surface area contributed by atoms with Crippen molar-refractivity contribution < 1.29 is 5.11 Å². The molecule has 0 bridgehead atoms. The van der Waals surface area contributed by atoms with Gasteiger partial charge in [-0.2, -0.15) is 0 Å². The van der Waals surface area contributed by atoms with E-state index in [9.17, 15) is 0 Å². The minimum atomic E-state index is 0.262. The van der Waals surface area contributed by atoms with Crippen molar-refractivity contribution in [3.8, 4) is 0 Å². The van der Waals surface area contributed by atoms with Gasteiger partial charge in [0.25, 0.3) is 0 Å². The molecule has 0 aliphatic carbocycles. The molecule has 0 aliphatic rings. The molecule has 0 heterocycles. The second-order valence-electron chi connectivity index (χ2n) is 1.85. The zero-order valence-corrected chi connectivity index (χ0v) is 6.72. The normalized spacial score (nSPS) is 11.7. The van der Waals surface area contributed by atoms with Crippen molar-refractivity contribution in [2.45, 2.75) is 27.2 Å². The molecule has 0 aromatic rings. The molecule has 0 aromatic heterocycles. The second kappa shape index (κ2) is 10.8. The lowest BCUT2D eigenvalue weighted by Gasteiger charge is -2.02. The maximum Gasteiger partial charge on any atom is 0.0434 e. The van der Waals surface area contributed by atoms with Crippen LogP contribution in [0.25, 0.3) is 0 Å². The summed E-state index contributed by atoms with van der Waals surface area (Å²) >= 11 is 0. The molecule has 58 valence electrons. The number of hydrogen-bond donors (Lipinski definition) is 2. The van der Waals surface area contributed by atoms with Crippen LogP contribution in [0.5, 0.6) is 0 Å². The van der Waals surface area contributed by atoms with Crippen LogP contribution in [0, 0.1) is 5.92 Å². The fourth-order valence-corrected chi connectivity index (χ4v) is 0.338. The Morgan fingerprint density at radius 2 is 1.89 bits per heavy atom. The zero-order chi connectivity index (χ0) is 7.70. The van der Waals surface area contributed by atoms with Crippen molar-refractivity contribution >= 4 is 0 Å². The van der Waals surface area contributed by atoms with Crippen molar-refractivity contribution in [3.05, 3.63) is 0 Å². The summed E-state index contributed by atoms with van der Waals surface area (Å²) in [4.78, 5) is 0. The number of hydrogen-bond acceptors (Lipinski definition) is 2. The van der Waals surface area contributed by atoms with Gasteiger partial charge in [0.15, 0.2) is 0 Å². The van der Waals surface area contributed by atoms with Crippen molar-refractivity contribution in [1.82, 2.24) is 0 Å². The lowest BCUT2D eigenvalue weighted by atomic mass is 10.1. The van der Waals surface area contributed by atoms with Crippen LogP contribution in [0.3, 0.4) is 0 Å². The third kappa shape index (κ3) is 11.5. The molecular weight excluding hydrogens is 114 g/mol.